The Morgan fingerprint density at radius 3 is 2.75 bits per heavy atom. The quantitative estimate of drug-likeness (QED) is 0.369. The molecule has 0 spiro atoms. The first kappa shape index (κ1) is 24.4. The number of aliphatic hydroxyl groups excluding tert-OH is 1. The number of hydrogen-bond donors (Lipinski definition) is 1. The average molecular weight is 495 g/mol. The van der Waals surface area contributed by atoms with E-state index in [0.717, 1.165) is 23.3 Å². The van der Waals surface area contributed by atoms with Gasteiger partial charge in [0.15, 0.2) is 5.75 Å². The first-order valence-corrected chi connectivity index (χ1v) is 11.2. The SMILES string of the molecule is CC(O)CN1CCc2cc(C(F)=Cc3cccc(OS(=O)(=O)C(F)(F)F)c3Cl)ncc2C1. The van der Waals surface area contributed by atoms with Crippen molar-refractivity contribution in [1.82, 2.24) is 9.88 Å². The summed E-state index contributed by atoms with van der Waals surface area (Å²) in [7, 11) is -5.92. The number of nitrogens with zero attached hydrogens (tertiary/aromatic N) is 2. The van der Waals surface area contributed by atoms with Crippen LogP contribution in [0, 0.1) is 0 Å². The number of halogens is 5. The fourth-order valence-electron chi connectivity index (χ4n) is 3.24. The highest BCUT2D eigenvalue weighted by Crippen LogP contribution is 2.35. The minimum Gasteiger partial charge on any atom is -0.392 e. The molecule has 3 rings (SSSR count). The highest BCUT2D eigenvalue weighted by Gasteiger charge is 2.48. The molecule has 0 aliphatic carbocycles. The van der Waals surface area contributed by atoms with E-state index in [4.69, 9.17) is 11.6 Å². The standard InChI is InChI=1S/C20H19ClF4N2O4S/c1-12(28)10-27-6-5-13-8-17(26-9-15(13)11-27)16(22)7-14-3-2-4-18(19(14)21)31-32(29,30)20(23,24)25/h2-4,7-9,12,28H,5-6,10-11H2,1H3. The van der Waals surface area contributed by atoms with Crippen LogP contribution in [0.15, 0.2) is 30.5 Å². The Kier molecular flexibility index (Phi) is 7.13. The zero-order valence-electron chi connectivity index (χ0n) is 16.7. The third-order valence-electron chi connectivity index (χ3n) is 4.70. The second-order valence-corrected chi connectivity index (χ2v) is 9.22. The van der Waals surface area contributed by atoms with Crippen molar-refractivity contribution in [2.75, 3.05) is 13.1 Å². The van der Waals surface area contributed by atoms with Crippen LogP contribution in [0.3, 0.4) is 0 Å². The second kappa shape index (κ2) is 9.34. The molecule has 6 nitrogen and oxygen atoms in total. The molecule has 1 aromatic carbocycles. The molecule has 0 saturated heterocycles. The van der Waals surface area contributed by atoms with Crippen LogP contribution in [0.5, 0.6) is 5.75 Å². The van der Waals surface area contributed by atoms with Crippen molar-refractivity contribution in [1.29, 1.82) is 0 Å². The van der Waals surface area contributed by atoms with Gasteiger partial charge in [0, 0.05) is 25.8 Å². The maximum absolute atomic E-state index is 14.8. The Bertz CT molecular complexity index is 1140. The van der Waals surface area contributed by atoms with Crippen molar-refractivity contribution in [3.63, 3.8) is 0 Å². The van der Waals surface area contributed by atoms with Crippen molar-refractivity contribution in [2.45, 2.75) is 31.5 Å². The maximum atomic E-state index is 14.8. The molecule has 1 N–H and O–H groups in total. The molecule has 1 aromatic heterocycles. The van der Waals surface area contributed by atoms with E-state index >= 15 is 0 Å². The monoisotopic (exact) mass is 494 g/mol. The number of aliphatic hydroxyl groups is 1. The highest BCUT2D eigenvalue weighted by atomic mass is 35.5. The lowest BCUT2D eigenvalue weighted by atomic mass is 10.0. The lowest BCUT2D eigenvalue weighted by Crippen LogP contribution is -2.35. The number of pyridine rings is 1. The molecule has 2 heterocycles. The summed E-state index contributed by atoms with van der Waals surface area (Å²) in [6.07, 6.45) is 2.63. The third-order valence-corrected chi connectivity index (χ3v) is 6.07. The minimum atomic E-state index is -5.92. The van der Waals surface area contributed by atoms with E-state index in [9.17, 15) is 31.1 Å². The Balaban J connectivity index is 1.84. The van der Waals surface area contributed by atoms with E-state index in [2.05, 4.69) is 14.1 Å². The van der Waals surface area contributed by atoms with Gasteiger partial charge in [-0.15, -0.1) is 0 Å². The fourth-order valence-corrected chi connectivity index (χ4v) is 3.97. The van der Waals surface area contributed by atoms with Gasteiger partial charge in [0.25, 0.3) is 0 Å². The lowest BCUT2D eigenvalue weighted by molar-refractivity contribution is -0.0500. The zero-order chi connectivity index (χ0) is 23.7. The first-order valence-electron chi connectivity index (χ1n) is 9.42. The van der Waals surface area contributed by atoms with Crippen LogP contribution in [0.1, 0.15) is 29.3 Å². The number of hydrogen-bond acceptors (Lipinski definition) is 6. The van der Waals surface area contributed by atoms with Crippen molar-refractivity contribution in [3.8, 4) is 5.75 Å². The molecule has 1 unspecified atom stereocenters. The van der Waals surface area contributed by atoms with Gasteiger partial charge in [0.1, 0.15) is 5.83 Å². The molecule has 174 valence electrons. The molecule has 1 aliphatic rings. The molecule has 0 bridgehead atoms. The Hall–Kier alpha value is -2.21. The fraction of sp³-hybridized carbons (Fsp3) is 0.350. The number of aromatic nitrogens is 1. The third kappa shape index (κ3) is 5.58. The summed E-state index contributed by atoms with van der Waals surface area (Å²) >= 11 is 5.95. The Morgan fingerprint density at radius 2 is 2.09 bits per heavy atom. The number of alkyl halides is 3. The van der Waals surface area contributed by atoms with Gasteiger partial charge in [-0.25, -0.2) is 4.39 Å². The molecular formula is C20H19ClF4N2O4S. The molecule has 0 saturated carbocycles. The van der Waals surface area contributed by atoms with E-state index in [0.29, 0.717) is 26.1 Å². The molecule has 32 heavy (non-hydrogen) atoms. The normalized spacial score (nSPS) is 16.5. The molecule has 0 radical (unpaired) electrons. The topological polar surface area (TPSA) is 79.7 Å². The number of fused-ring (bicyclic) bond motifs is 1. The maximum Gasteiger partial charge on any atom is 0.534 e. The first-order chi connectivity index (χ1) is 14.9. The molecule has 12 heteroatoms. The van der Waals surface area contributed by atoms with Crippen molar-refractivity contribution >= 4 is 33.6 Å². The van der Waals surface area contributed by atoms with Gasteiger partial charge in [-0.05, 0) is 48.2 Å². The van der Waals surface area contributed by atoms with Crippen LogP contribution in [0.2, 0.25) is 5.02 Å². The van der Waals surface area contributed by atoms with E-state index in [-0.39, 0.29) is 11.3 Å². The smallest absolute Gasteiger partial charge is 0.392 e. The van der Waals surface area contributed by atoms with Crippen LogP contribution < -0.4 is 4.18 Å². The average Bonchev–Trinajstić information content (AvgIpc) is 2.69. The highest BCUT2D eigenvalue weighted by molar-refractivity contribution is 7.88. The largest absolute Gasteiger partial charge is 0.534 e. The Labute approximate surface area is 187 Å². The number of rotatable bonds is 6. The Morgan fingerprint density at radius 1 is 1.38 bits per heavy atom. The second-order valence-electron chi connectivity index (χ2n) is 7.31. The molecule has 0 fully saturated rings. The van der Waals surface area contributed by atoms with Gasteiger partial charge in [-0.1, -0.05) is 23.7 Å². The van der Waals surface area contributed by atoms with Crippen LogP contribution in [-0.4, -0.2) is 48.1 Å². The molecule has 2 aromatic rings. The zero-order valence-corrected chi connectivity index (χ0v) is 18.3. The van der Waals surface area contributed by atoms with Crippen LogP contribution in [-0.2, 0) is 23.1 Å². The summed E-state index contributed by atoms with van der Waals surface area (Å²) in [5, 5.41) is 9.03. The summed E-state index contributed by atoms with van der Waals surface area (Å²) in [4.78, 5) is 6.15. The van der Waals surface area contributed by atoms with Crippen LogP contribution >= 0.6 is 11.6 Å². The van der Waals surface area contributed by atoms with Crippen LogP contribution in [0.4, 0.5) is 17.6 Å². The summed E-state index contributed by atoms with van der Waals surface area (Å²) in [5.74, 6) is -1.58. The van der Waals surface area contributed by atoms with E-state index < -0.39 is 38.3 Å². The van der Waals surface area contributed by atoms with E-state index in [1.807, 2.05) is 0 Å². The van der Waals surface area contributed by atoms with Crippen LogP contribution in [0.25, 0.3) is 11.9 Å². The number of benzene rings is 1. The summed E-state index contributed by atoms with van der Waals surface area (Å²) in [6.45, 7) is 3.46. The number of β-amino-alcohol motifs (C(OH)–C–C–N with tert-alkyl or cyclic N) is 1. The predicted molar refractivity (Wildman–Crippen MR) is 111 cm³/mol. The predicted octanol–water partition coefficient (Wildman–Crippen LogP) is 4.17. The molecule has 1 atom stereocenters. The van der Waals surface area contributed by atoms with E-state index in [1.165, 1.54) is 18.3 Å². The van der Waals surface area contributed by atoms with Gasteiger partial charge in [-0.3, -0.25) is 9.88 Å². The van der Waals surface area contributed by atoms with Gasteiger partial charge >= 0.3 is 15.6 Å². The van der Waals surface area contributed by atoms with Gasteiger partial charge in [0.05, 0.1) is 16.8 Å². The van der Waals surface area contributed by atoms with E-state index in [1.54, 1.807) is 13.0 Å². The van der Waals surface area contributed by atoms with Gasteiger partial charge in [0.2, 0.25) is 0 Å². The van der Waals surface area contributed by atoms with Crippen molar-refractivity contribution < 1.29 is 35.3 Å². The van der Waals surface area contributed by atoms with Gasteiger partial charge in [-0.2, -0.15) is 21.6 Å². The van der Waals surface area contributed by atoms with Crippen molar-refractivity contribution in [2.24, 2.45) is 0 Å². The lowest BCUT2D eigenvalue weighted by Gasteiger charge is -2.29. The summed E-state index contributed by atoms with van der Waals surface area (Å²) < 4.78 is 79.0. The molecular weight excluding hydrogens is 476 g/mol. The summed E-state index contributed by atoms with van der Waals surface area (Å²) in [5.41, 5.74) is -3.93. The van der Waals surface area contributed by atoms with Gasteiger partial charge < -0.3 is 9.29 Å². The molecule has 1 aliphatic heterocycles. The summed E-state index contributed by atoms with van der Waals surface area (Å²) in [6, 6.07) is 4.98. The van der Waals surface area contributed by atoms with Crippen molar-refractivity contribution in [3.05, 3.63) is 57.9 Å². The molecule has 0 amide bonds. The minimum absolute atomic E-state index is 0.00183.